The van der Waals surface area contributed by atoms with E-state index in [9.17, 15) is 18.0 Å². The number of carbonyl (C=O) groups excluding carboxylic acids is 2. The average Bonchev–Trinajstić information content (AvgIpc) is 2.79. The zero-order valence-corrected chi connectivity index (χ0v) is 18.7. The Balaban J connectivity index is 1.62. The Bertz CT molecular complexity index is 1030. The van der Waals surface area contributed by atoms with Gasteiger partial charge in [-0.25, -0.2) is 8.42 Å². The summed E-state index contributed by atoms with van der Waals surface area (Å²) in [7, 11) is -3.59. The van der Waals surface area contributed by atoms with E-state index in [-0.39, 0.29) is 22.6 Å². The Labute approximate surface area is 183 Å². The van der Waals surface area contributed by atoms with Crippen molar-refractivity contribution in [2.45, 2.75) is 44.6 Å². The largest absolute Gasteiger partial charge is 0.348 e. The highest BCUT2D eigenvalue weighted by atomic mass is 32.2. The standard InChI is InChI=1S/C23H29N3O4S/c1-17(2)22(27)25-20-11-9-18(10-12-20)16-24-23(28)19-7-6-8-21(15-19)31(29,30)26-13-4-3-5-14-26/h6-12,15,17H,3-5,13-14,16H2,1-2H3,(H,24,28)(H,25,27). The molecule has 7 nitrogen and oxygen atoms in total. The number of sulfonamides is 1. The second-order valence-electron chi connectivity index (χ2n) is 8.02. The molecular formula is C23H29N3O4S. The van der Waals surface area contributed by atoms with Gasteiger partial charge in [0, 0.05) is 36.8 Å². The Hall–Kier alpha value is -2.71. The fourth-order valence-electron chi connectivity index (χ4n) is 3.33. The lowest BCUT2D eigenvalue weighted by molar-refractivity contribution is -0.118. The van der Waals surface area contributed by atoms with Crippen LogP contribution < -0.4 is 10.6 Å². The molecule has 0 unspecified atom stereocenters. The van der Waals surface area contributed by atoms with E-state index in [2.05, 4.69) is 10.6 Å². The summed E-state index contributed by atoms with van der Waals surface area (Å²) >= 11 is 0. The van der Waals surface area contributed by atoms with Crippen LogP contribution in [0.4, 0.5) is 5.69 Å². The summed E-state index contributed by atoms with van der Waals surface area (Å²) in [5.74, 6) is -0.498. The molecule has 2 N–H and O–H groups in total. The van der Waals surface area contributed by atoms with E-state index < -0.39 is 10.0 Å². The summed E-state index contributed by atoms with van der Waals surface area (Å²) in [4.78, 5) is 24.5. The van der Waals surface area contributed by atoms with Gasteiger partial charge in [0.15, 0.2) is 0 Å². The van der Waals surface area contributed by atoms with Gasteiger partial charge in [0.25, 0.3) is 5.91 Å². The second kappa shape index (κ2) is 10.1. The van der Waals surface area contributed by atoms with Crippen LogP contribution in [-0.2, 0) is 21.4 Å². The van der Waals surface area contributed by atoms with Crippen LogP contribution in [0.1, 0.15) is 49.0 Å². The van der Waals surface area contributed by atoms with Gasteiger partial charge in [-0.2, -0.15) is 4.31 Å². The maximum absolute atomic E-state index is 12.9. The molecule has 0 radical (unpaired) electrons. The number of amides is 2. The highest BCUT2D eigenvalue weighted by Gasteiger charge is 2.26. The third kappa shape index (κ3) is 5.92. The van der Waals surface area contributed by atoms with Crippen LogP contribution in [0.5, 0.6) is 0 Å². The van der Waals surface area contributed by atoms with Crippen molar-refractivity contribution >= 4 is 27.5 Å². The molecule has 2 aromatic rings. The second-order valence-corrected chi connectivity index (χ2v) is 9.95. The van der Waals surface area contributed by atoms with Crippen LogP contribution in [0.3, 0.4) is 0 Å². The van der Waals surface area contributed by atoms with E-state index in [1.165, 1.54) is 16.4 Å². The van der Waals surface area contributed by atoms with Crippen molar-refractivity contribution < 1.29 is 18.0 Å². The molecule has 2 aromatic carbocycles. The number of nitrogens with zero attached hydrogens (tertiary/aromatic N) is 1. The summed E-state index contributed by atoms with van der Waals surface area (Å²) in [6, 6.07) is 13.4. The summed E-state index contributed by atoms with van der Waals surface area (Å²) in [5.41, 5.74) is 1.87. The van der Waals surface area contributed by atoms with Crippen molar-refractivity contribution in [3.05, 3.63) is 59.7 Å². The molecule has 0 bridgehead atoms. The summed E-state index contributed by atoms with van der Waals surface area (Å²) in [5, 5.41) is 5.64. The van der Waals surface area contributed by atoms with E-state index >= 15 is 0 Å². The van der Waals surface area contributed by atoms with Gasteiger partial charge in [-0.15, -0.1) is 0 Å². The Morgan fingerprint density at radius 3 is 2.32 bits per heavy atom. The molecule has 31 heavy (non-hydrogen) atoms. The molecule has 1 saturated heterocycles. The topological polar surface area (TPSA) is 95.6 Å². The van der Waals surface area contributed by atoms with E-state index in [1.54, 1.807) is 24.3 Å². The summed E-state index contributed by atoms with van der Waals surface area (Å²) in [6.45, 7) is 4.98. The number of carbonyl (C=O) groups is 2. The zero-order valence-electron chi connectivity index (χ0n) is 17.9. The maximum Gasteiger partial charge on any atom is 0.251 e. The molecule has 8 heteroatoms. The van der Waals surface area contributed by atoms with Gasteiger partial charge in [-0.3, -0.25) is 9.59 Å². The van der Waals surface area contributed by atoms with Crippen LogP contribution in [0.2, 0.25) is 0 Å². The third-order valence-corrected chi connectivity index (χ3v) is 7.14. The first kappa shape index (κ1) is 23.0. The Morgan fingerprint density at radius 2 is 1.68 bits per heavy atom. The van der Waals surface area contributed by atoms with Gasteiger partial charge in [-0.05, 0) is 48.7 Å². The number of nitrogens with one attached hydrogen (secondary N) is 2. The Kier molecular flexibility index (Phi) is 7.46. The molecule has 0 spiro atoms. The van der Waals surface area contributed by atoms with Gasteiger partial charge < -0.3 is 10.6 Å². The van der Waals surface area contributed by atoms with Gasteiger partial charge in [0.2, 0.25) is 15.9 Å². The summed E-state index contributed by atoms with van der Waals surface area (Å²) < 4.78 is 27.2. The average molecular weight is 444 g/mol. The van der Waals surface area contributed by atoms with Crippen LogP contribution in [0.25, 0.3) is 0 Å². The van der Waals surface area contributed by atoms with Crippen LogP contribution in [-0.4, -0.2) is 37.6 Å². The van der Waals surface area contributed by atoms with Crippen molar-refractivity contribution in [1.29, 1.82) is 0 Å². The first-order valence-corrected chi connectivity index (χ1v) is 12.0. The molecule has 166 valence electrons. The van der Waals surface area contributed by atoms with Gasteiger partial charge in [0.1, 0.15) is 0 Å². The number of hydrogen-bond donors (Lipinski definition) is 2. The quantitative estimate of drug-likeness (QED) is 0.686. The summed E-state index contributed by atoms with van der Waals surface area (Å²) in [6.07, 6.45) is 2.76. The molecule has 0 saturated carbocycles. The minimum Gasteiger partial charge on any atom is -0.348 e. The monoisotopic (exact) mass is 443 g/mol. The molecule has 0 aromatic heterocycles. The molecule has 1 heterocycles. The molecule has 1 fully saturated rings. The third-order valence-electron chi connectivity index (χ3n) is 5.25. The lowest BCUT2D eigenvalue weighted by Gasteiger charge is -2.26. The van der Waals surface area contributed by atoms with E-state index in [0.717, 1.165) is 24.8 Å². The first-order valence-electron chi connectivity index (χ1n) is 10.6. The number of hydrogen-bond acceptors (Lipinski definition) is 4. The molecular weight excluding hydrogens is 414 g/mol. The highest BCUT2D eigenvalue weighted by molar-refractivity contribution is 7.89. The molecule has 0 aliphatic carbocycles. The van der Waals surface area contributed by atoms with Crippen LogP contribution >= 0.6 is 0 Å². The predicted octanol–water partition coefficient (Wildman–Crippen LogP) is 3.39. The van der Waals surface area contributed by atoms with Crippen LogP contribution in [0, 0.1) is 5.92 Å². The number of benzene rings is 2. The normalized spacial score (nSPS) is 14.9. The predicted molar refractivity (Wildman–Crippen MR) is 120 cm³/mol. The fourth-order valence-corrected chi connectivity index (χ4v) is 4.89. The molecule has 3 rings (SSSR count). The number of anilines is 1. The van der Waals surface area contributed by atoms with Crippen LogP contribution in [0.15, 0.2) is 53.4 Å². The van der Waals surface area contributed by atoms with Crippen molar-refractivity contribution in [3.8, 4) is 0 Å². The zero-order chi connectivity index (χ0) is 22.4. The first-order chi connectivity index (χ1) is 14.8. The van der Waals surface area contributed by atoms with E-state index in [4.69, 9.17) is 0 Å². The minimum absolute atomic E-state index is 0.0551. The lowest BCUT2D eigenvalue weighted by atomic mass is 10.1. The van der Waals surface area contributed by atoms with Gasteiger partial charge in [0.05, 0.1) is 4.90 Å². The van der Waals surface area contributed by atoms with Crippen molar-refractivity contribution in [2.24, 2.45) is 5.92 Å². The number of rotatable bonds is 7. The molecule has 1 aliphatic rings. The van der Waals surface area contributed by atoms with E-state index in [0.29, 0.717) is 30.9 Å². The van der Waals surface area contributed by atoms with Crippen molar-refractivity contribution in [3.63, 3.8) is 0 Å². The Morgan fingerprint density at radius 1 is 1.00 bits per heavy atom. The maximum atomic E-state index is 12.9. The molecule has 2 amide bonds. The molecule has 0 atom stereocenters. The minimum atomic E-state index is -3.59. The lowest BCUT2D eigenvalue weighted by Crippen LogP contribution is -2.35. The highest BCUT2D eigenvalue weighted by Crippen LogP contribution is 2.21. The fraction of sp³-hybridized carbons (Fsp3) is 0.391. The molecule has 1 aliphatic heterocycles. The van der Waals surface area contributed by atoms with Gasteiger partial charge >= 0.3 is 0 Å². The van der Waals surface area contributed by atoms with Crippen molar-refractivity contribution in [2.75, 3.05) is 18.4 Å². The SMILES string of the molecule is CC(C)C(=O)Nc1ccc(CNC(=O)c2cccc(S(=O)(=O)N3CCCCC3)c2)cc1. The van der Waals surface area contributed by atoms with Gasteiger partial charge in [-0.1, -0.05) is 38.5 Å². The van der Waals surface area contributed by atoms with Crippen molar-refractivity contribution in [1.82, 2.24) is 9.62 Å². The smallest absolute Gasteiger partial charge is 0.251 e. The van der Waals surface area contributed by atoms with E-state index in [1.807, 2.05) is 26.0 Å². The number of piperidine rings is 1.